The van der Waals surface area contributed by atoms with Crippen LogP contribution < -0.4 is 4.74 Å². The summed E-state index contributed by atoms with van der Waals surface area (Å²) in [6, 6.07) is 3.87. The lowest BCUT2D eigenvalue weighted by molar-refractivity contribution is -0.274. The number of hydrogen-bond acceptors (Lipinski definition) is 2. The summed E-state index contributed by atoms with van der Waals surface area (Å²) in [6.45, 7) is 0. The first-order valence-corrected chi connectivity index (χ1v) is 5.50. The summed E-state index contributed by atoms with van der Waals surface area (Å²) in [5, 5.41) is 0. The first-order chi connectivity index (χ1) is 7.42. The zero-order valence-corrected chi connectivity index (χ0v) is 10.3. The molecule has 16 heavy (non-hydrogen) atoms. The highest BCUT2D eigenvalue weighted by Crippen LogP contribution is 2.27. The molecule has 1 aromatic rings. The van der Waals surface area contributed by atoms with Crippen molar-refractivity contribution in [1.82, 2.24) is 0 Å². The highest BCUT2D eigenvalue weighted by molar-refractivity contribution is 9.10. The van der Waals surface area contributed by atoms with Crippen molar-refractivity contribution in [2.24, 2.45) is 0 Å². The molecule has 0 unspecified atom stereocenters. The highest BCUT2D eigenvalue weighted by Gasteiger charge is 2.31. The maximum absolute atomic E-state index is 11.9. The Bertz CT molecular complexity index is 434. The van der Waals surface area contributed by atoms with Crippen LogP contribution in [0, 0.1) is 11.8 Å². The molecule has 86 valence electrons. The molecule has 1 rings (SSSR count). The van der Waals surface area contributed by atoms with Gasteiger partial charge in [-0.25, -0.2) is 0 Å². The minimum absolute atomic E-state index is 0.282. The third-order valence-corrected chi connectivity index (χ3v) is 2.29. The number of alkyl halides is 3. The second-order valence-electron chi connectivity index (χ2n) is 2.65. The van der Waals surface area contributed by atoms with Gasteiger partial charge >= 0.3 is 6.36 Å². The van der Waals surface area contributed by atoms with Gasteiger partial charge in [0.25, 0.3) is 0 Å². The number of rotatable bonds is 1. The summed E-state index contributed by atoms with van der Waals surface area (Å²) in [4.78, 5) is 0. The third-order valence-electron chi connectivity index (χ3n) is 1.48. The lowest BCUT2D eigenvalue weighted by Crippen LogP contribution is -2.17. The van der Waals surface area contributed by atoms with E-state index < -0.39 is 6.36 Å². The van der Waals surface area contributed by atoms with E-state index in [0.717, 1.165) is 0 Å². The second-order valence-corrected chi connectivity index (χ2v) is 3.82. The highest BCUT2D eigenvalue weighted by atomic mass is 79.9. The Labute approximate surface area is 105 Å². The SMILES string of the molecule is FC(F)(F)Oc1ccc(C#CCS)c(Br)c1. The maximum Gasteiger partial charge on any atom is 0.573 e. The molecule has 0 spiro atoms. The van der Waals surface area contributed by atoms with Gasteiger partial charge in [0.15, 0.2) is 0 Å². The van der Waals surface area contributed by atoms with Crippen molar-refractivity contribution in [1.29, 1.82) is 0 Å². The topological polar surface area (TPSA) is 9.23 Å². The molecular weight excluding hydrogens is 305 g/mol. The van der Waals surface area contributed by atoms with Crippen molar-refractivity contribution in [3.63, 3.8) is 0 Å². The molecule has 0 aliphatic heterocycles. The zero-order valence-electron chi connectivity index (χ0n) is 7.81. The van der Waals surface area contributed by atoms with Crippen LogP contribution in [0.25, 0.3) is 0 Å². The summed E-state index contributed by atoms with van der Waals surface area (Å²) in [5.41, 5.74) is 0.587. The number of ether oxygens (including phenoxy) is 1. The molecule has 0 aromatic heterocycles. The Balaban J connectivity index is 2.91. The number of benzene rings is 1. The van der Waals surface area contributed by atoms with E-state index in [2.05, 4.69) is 45.1 Å². The van der Waals surface area contributed by atoms with Crippen molar-refractivity contribution in [3.05, 3.63) is 28.2 Å². The van der Waals surface area contributed by atoms with Crippen LogP contribution in [-0.2, 0) is 0 Å². The van der Waals surface area contributed by atoms with E-state index >= 15 is 0 Å². The van der Waals surface area contributed by atoms with Gasteiger partial charge in [0.1, 0.15) is 5.75 Å². The van der Waals surface area contributed by atoms with Crippen molar-refractivity contribution in [2.75, 3.05) is 5.75 Å². The molecule has 0 heterocycles. The van der Waals surface area contributed by atoms with Gasteiger partial charge in [0.05, 0.1) is 5.75 Å². The second kappa shape index (κ2) is 5.51. The number of halogens is 4. The molecule has 0 aliphatic rings. The molecule has 0 N–H and O–H groups in total. The average molecular weight is 311 g/mol. The van der Waals surface area contributed by atoms with E-state index in [1.54, 1.807) is 0 Å². The predicted molar refractivity (Wildman–Crippen MR) is 61.6 cm³/mol. The predicted octanol–water partition coefficient (Wildman–Crippen LogP) is 3.63. The monoisotopic (exact) mass is 310 g/mol. The van der Waals surface area contributed by atoms with Crippen LogP contribution in [0.3, 0.4) is 0 Å². The number of hydrogen-bond donors (Lipinski definition) is 1. The lowest BCUT2D eigenvalue weighted by atomic mass is 10.2. The normalized spacial score (nSPS) is 10.6. The van der Waals surface area contributed by atoms with Gasteiger partial charge in [-0.2, -0.15) is 12.6 Å². The molecule has 6 heteroatoms. The van der Waals surface area contributed by atoms with Crippen LogP contribution in [0.1, 0.15) is 5.56 Å². The van der Waals surface area contributed by atoms with Gasteiger partial charge in [-0.05, 0) is 34.1 Å². The van der Waals surface area contributed by atoms with Gasteiger partial charge in [0.2, 0.25) is 0 Å². The summed E-state index contributed by atoms with van der Waals surface area (Å²) in [6.07, 6.45) is -4.68. The lowest BCUT2D eigenvalue weighted by Gasteiger charge is -2.09. The Morgan fingerprint density at radius 2 is 2.06 bits per heavy atom. The molecule has 1 nitrogen and oxygen atoms in total. The van der Waals surface area contributed by atoms with Crippen LogP contribution in [0.4, 0.5) is 13.2 Å². The fraction of sp³-hybridized carbons (Fsp3) is 0.200. The Kier molecular flexibility index (Phi) is 4.56. The van der Waals surface area contributed by atoms with Crippen molar-refractivity contribution in [3.8, 4) is 17.6 Å². The average Bonchev–Trinajstić information content (AvgIpc) is 2.14. The standard InChI is InChI=1S/C10H6BrF3OS/c11-9-6-8(15-10(12,13)14)4-3-7(9)2-1-5-16/h3-4,6,16H,5H2. The largest absolute Gasteiger partial charge is 0.573 e. The zero-order chi connectivity index (χ0) is 12.2. The molecule has 0 amide bonds. The molecule has 0 bridgehead atoms. The van der Waals surface area contributed by atoms with Crippen LogP contribution in [-0.4, -0.2) is 12.1 Å². The van der Waals surface area contributed by atoms with E-state index in [-0.39, 0.29) is 5.75 Å². The minimum Gasteiger partial charge on any atom is -0.406 e. The maximum atomic E-state index is 11.9. The van der Waals surface area contributed by atoms with E-state index in [0.29, 0.717) is 15.8 Å². The van der Waals surface area contributed by atoms with Crippen LogP contribution >= 0.6 is 28.6 Å². The summed E-state index contributed by atoms with van der Waals surface area (Å²) >= 11 is 7.01. The molecule has 0 saturated carbocycles. The van der Waals surface area contributed by atoms with Crippen molar-refractivity contribution in [2.45, 2.75) is 6.36 Å². The van der Waals surface area contributed by atoms with Gasteiger partial charge in [-0.15, -0.1) is 13.2 Å². The first kappa shape index (κ1) is 13.3. The molecule has 0 saturated heterocycles. The first-order valence-electron chi connectivity index (χ1n) is 4.07. The molecular formula is C10H6BrF3OS. The van der Waals surface area contributed by atoms with Crippen molar-refractivity contribution >= 4 is 28.6 Å². The van der Waals surface area contributed by atoms with Crippen LogP contribution in [0.15, 0.2) is 22.7 Å². The summed E-state index contributed by atoms with van der Waals surface area (Å²) < 4.78 is 39.9. The fourth-order valence-corrected chi connectivity index (χ4v) is 1.47. The smallest absolute Gasteiger partial charge is 0.406 e. The Morgan fingerprint density at radius 1 is 1.38 bits per heavy atom. The molecule has 0 atom stereocenters. The minimum atomic E-state index is -4.68. The third kappa shape index (κ3) is 4.37. The van der Waals surface area contributed by atoms with E-state index in [4.69, 9.17) is 0 Å². The molecule has 0 fully saturated rings. The summed E-state index contributed by atoms with van der Waals surface area (Å²) in [7, 11) is 0. The van der Waals surface area contributed by atoms with Gasteiger partial charge < -0.3 is 4.74 Å². The Morgan fingerprint density at radius 3 is 2.56 bits per heavy atom. The van der Waals surface area contributed by atoms with Crippen LogP contribution in [0.2, 0.25) is 0 Å². The molecule has 0 aliphatic carbocycles. The van der Waals surface area contributed by atoms with Gasteiger partial charge in [-0.3, -0.25) is 0 Å². The van der Waals surface area contributed by atoms with E-state index in [1.807, 2.05) is 0 Å². The van der Waals surface area contributed by atoms with Crippen molar-refractivity contribution < 1.29 is 17.9 Å². The quantitative estimate of drug-likeness (QED) is 0.615. The Hall–Kier alpha value is -0.800. The van der Waals surface area contributed by atoms with Crippen LogP contribution in [0.5, 0.6) is 5.75 Å². The molecule has 1 aromatic carbocycles. The fourth-order valence-electron chi connectivity index (χ4n) is 0.929. The van der Waals surface area contributed by atoms with E-state index in [1.165, 1.54) is 18.2 Å². The van der Waals surface area contributed by atoms with E-state index in [9.17, 15) is 13.2 Å². The van der Waals surface area contributed by atoms with Gasteiger partial charge in [-0.1, -0.05) is 11.8 Å². The summed E-state index contributed by atoms with van der Waals surface area (Å²) in [5.74, 6) is 5.54. The number of thiol groups is 1. The van der Waals surface area contributed by atoms with Gasteiger partial charge in [0, 0.05) is 10.0 Å². The molecule has 0 radical (unpaired) electrons.